The molecule has 0 saturated heterocycles. The molecule has 0 N–H and O–H groups in total. The van der Waals surface area contributed by atoms with Crippen LogP contribution in [0.2, 0.25) is 0 Å². The number of pyridine rings is 1. The molecule has 0 unspecified atom stereocenters. The Kier molecular flexibility index (Phi) is 3.75. The molecule has 0 fully saturated rings. The molecule has 0 aliphatic carbocycles. The first-order valence-electron chi connectivity index (χ1n) is 4.23. The van der Waals surface area contributed by atoms with Gasteiger partial charge in [0.1, 0.15) is 5.56 Å². The molecular weight excluding hydrogens is 281 g/mol. The number of hydrogen-bond acceptors (Lipinski definition) is 5. The number of nitro groups is 1. The maximum atomic E-state index is 11.9. The van der Waals surface area contributed by atoms with Crippen molar-refractivity contribution in [2.24, 2.45) is 0 Å². The van der Waals surface area contributed by atoms with E-state index in [-0.39, 0.29) is 5.56 Å². The van der Waals surface area contributed by atoms with Crippen molar-refractivity contribution in [3.63, 3.8) is 0 Å². The molecule has 0 spiro atoms. The largest absolute Gasteiger partial charge is 0.575 e. The minimum Gasteiger partial charge on any atom is -0.366 e. The number of aromatic nitrogens is 1. The van der Waals surface area contributed by atoms with Gasteiger partial charge in [-0.3, -0.25) is 4.79 Å². The summed E-state index contributed by atoms with van der Waals surface area (Å²) in [7, 11) is 0. The predicted octanol–water partition coefficient (Wildman–Crippen LogP) is 2.58. The third kappa shape index (κ3) is 3.29. The van der Waals surface area contributed by atoms with Gasteiger partial charge in [-0.15, -0.1) is 13.2 Å². The van der Waals surface area contributed by atoms with Crippen molar-refractivity contribution < 1.29 is 27.6 Å². The Morgan fingerprint density at radius 1 is 1.56 bits per heavy atom. The van der Waals surface area contributed by atoms with E-state index in [4.69, 9.17) is 11.6 Å². The van der Waals surface area contributed by atoms with Crippen molar-refractivity contribution in [2.45, 2.75) is 13.3 Å². The molecule has 10 heteroatoms. The molecule has 0 amide bonds. The summed E-state index contributed by atoms with van der Waals surface area (Å²) in [5, 5.41) is 9.40. The molecule has 0 atom stereocenters. The Hall–Kier alpha value is -1.90. The van der Waals surface area contributed by atoms with Gasteiger partial charge in [-0.1, -0.05) is 0 Å². The number of ether oxygens (including phenoxy) is 1. The number of aryl methyl sites for hydroxylation is 1. The molecule has 1 rings (SSSR count). The quantitative estimate of drug-likeness (QED) is 0.484. The standard InChI is InChI=1S/C8H4ClF3N2O4/c1-3-2-4(18-8(10,11)12)13-7(14(16)17)5(3)6(9)15/h2H,1H3. The second-order valence-electron chi connectivity index (χ2n) is 3.05. The average Bonchev–Trinajstić information content (AvgIpc) is 2.12. The molecule has 98 valence electrons. The van der Waals surface area contributed by atoms with Gasteiger partial charge in [0.15, 0.2) is 0 Å². The summed E-state index contributed by atoms with van der Waals surface area (Å²) in [6.45, 7) is 1.17. The van der Waals surface area contributed by atoms with Crippen LogP contribution in [0.5, 0.6) is 5.88 Å². The van der Waals surface area contributed by atoms with Crippen LogP contribution in [0.4, 0.5) is 19.0 Å². The molecular formula is C8H4ClF3N2O4. The second kappa shape index (κ2) is 4.77. The van der Waals surface area contributed by atoms with Gasteiger partial charge in [-0.25, -0.2) is 0 Å². The highest BCUT2D eigenvalue weighted by Gasteiger charge is 2.35. The number of carbonyl (C=O) groups excluding carboxylic acids is 1. The first-order valence-corrected chi connectivity index (χ1v) is 4.61. The van der Waals surface area contributed by atoms with Crippen LogP contribution in [0.1, 0.15) is 15.9 Å². The Labute approximate surface area is 102 Å². The molecule has 6 nitrogen and oxygen atoms in total. The maximum absolute atomic E-state index is 11.9. The normalized spacial score (nSPS) is 11.2. The summed E-state index contributed by atoms with van der Waals surface area (Å²) >= 11 is 5.10. The van der Waals surface area contributed by atoms with Crippen molar-refractivity contribution in [3.05, 3.63) is 27.3 Å². The lowest BCUT2D eigenvalue weighted by Gasteiger charge is -2.07. The van der Waals surface area contributed by atoms with Gasteiger partial charge in [-0.05, 0) is 29.0 Å². The number of rotatable bonds is 3. The first kappa shape index (κ1) is 14.2. The van der Waals surface area contributed by atoms with E-state index >= 15 is 0 Å². The van der Waals surface area contributed by atoms with Crippen molar-refractivity contribution >= 4 is 22.7 Å². The van der Waals surface area contributed by atoms with Crippen LogP contribution in [0.25, 0.3) is 0 Å². The Morgan fingerprint density at radius 3 is 2.50 bits per heavy atom. The van der Waals surface area contributed by atoms with Gasteiger partial charge in [0, 0.05) is 11.1 Å². The third-order valence-electron chi connectivity index (χ3n) is 1.76. The Bertz CT molecular complexity index is 518. The van der Waals surface area contributed by atoms with Gasteiger partial charge in [0.2, 0.25) is 0 Å². The van der Waals surface area contributed by atoms with Gasteiger partial charge < -0.3 is 14.9 Å². The van der Waals surface area contributed by atoms with Gasteiger partial charge in [0.25, 0.3) is 5.24 Å². The van der Waals surface area contributed by atoms with Crippen LogP contribution in [-0.4, -0.2) is 21.5 Å². The number of hydrogen-bond donors (Lipinski definition) is 0. The van der Waals surface area contributed by atoms with E-state index in [2.05, 4.69) is 9.72 Å². The Morgan fingerprint density at radius 2 is 2.11 bits per heavy atom. The smallest absolute Gasteiger partial charge is 0.366 e. The number of alkyl halides is 3. The molecule has 0 saturated carbocycles. The summed E-state index contributed by atoms with van der Waals surface area (Å²) < 4.78 is 39.3. The van der Waals surface area contributed by atoms with Crippen molar-refractivity contribution in [3.8, 4) is 5.88 Å². The summed E-state index contributed by atoms with van der Waals surface area (Å²) in [6.07, 6.45) is -5.04. The molecule has 0 aliphatic rings. The summed E-state index contributed by atoms with van der Waals surface area (Å²) in [4.78, 5) is 23.4. The molecule has 1 aromatic rings. The van der Waals surface area contributed by atoms with E-state index in [1.54, 1.807) is 0 Å². The highest BCUT2D eigenvalue weighted by atomic mass is 35.5. The zero-order valence-electron chi connectivity index (χ0n) is 8.62. The average molecular weight is 285 g/mol. The lowest BCUT2D eigenvalue weighted by atomic mass is 10.1. The zero-order chi connectivity index (χ0) is 14.1. The molecule has 18 heavy (non-hydrogen) atoms. The minimum atomic E-state index is -5.04. The van der Waals surface area contributed by atoms with Gasteiger partial charge in [-0.2, -0.15) is 0 Å². The molecule has 0 bridgehead atoms. The van der Waals surface area contributed by atoms with Crippen LogP contribution in [0.3, 0.4) is 0 Å². The first-order chi connectivity index (χ1) is 8.11. The lowest BCUT2D eigenvalue weighted by molar-refractivity contribution is -0.390. The van der Waals surface area contributed by atoms with E-state index in [0.29, 0.717) is 0 Å². The van der Waals surface area contributed by atoms with Crippen molar-refractivity contribution in [1.82, 2.24) is 4.98 Å². The summed E-state index contributed by atoms with van der Waals surface area (Å²) in [6, 6.07) is 0.732. The number of halogens is 4. The minimum absolute atomic E-state index is 0.143. The third-order valence-corrected chi connectivity index (χ3v) is 1.95. The van der Waals surface area contributed by atoms with E-state index < -0.39 is 33.8 Å². The maximum Gasteiger partial charge on any atom is 0.575 e. The van der Waals surface area contributed by atoms with Crippen molar-refractivity contribution in [2.75, 3.05) is 0 Å². The Balaban J connectivity index is 3.37. The number of nitrogens with zero attached hydrogens (tertiary/aromatic N) is 2. The van der Waals surface area contributed by atoms with Crippen LogP contribution >= 0.6 is 11.6 Å². The molecule has 1 heterocycles. The van der Waals surface area contributed by atoms with Crippen LogP contribution in [0, 0.1) is 17.0 Å². The fourth-order valence-electron chi connectivity index (χ4n) is 1.17. The monoisotopic (exact) mass is 284 g/mol. The van der Waals surface area contributed by atoms with Crippen LogP contribution in [0.15, 0.2) is 6.07 Å². The lowest BCUT2D eigenvalue weighted by Crippen LogP contribution is -2.19. The molecule has 0 aromatic carbocycles. The molecule has 0 radical (unpaired) electrons. The fraction of sp³-hybridized carbons (Fsp3) is 0.250. The fourth-order valence-corrected chi connectivity index (χ4v) is 1.41. The van der Waals surface area contributed by atoms with E-state index in [0.717, 1.165) is 6.07 Å². The van der Waals surface area contributed by atoms with E-state index in [1.807, 2.05) is 0 Å². The van der Waals surface area contributed by atoms with Crippen LogP contribution < -0.4 is 4.74 Å². The second-order valence-corrected chi connectivity index (χ2v) is 3.40. The van der Waals surface area contributed by atoms with E-state index in [1.165, 1.54) is 6.92 Å². The highest BCUT2D eigenvalue weighted by molar-refractivity contribution is 6.68. The van der Waals surface area contributed by atoms with Gasteiger partial charge in [0.05, 0.1) is 0 Å². The van der Waals surface area contributed by atoms with Gasteiger partial charge >= 0.3 is 18.1 Å². The van der Waals surface area contributed by atoms with Crippen LogP contribution in [-0.2, 0) is 0 Å². The summed E-state index contributed by atoms with van der Waals surface area (Å²) in [5.41, 5.74) is -0.716. The zero-order valence-corrected chi connectivity index (χ0v) is 9.37. The van der Waals surface area contributed by atoms with E-state index in [9.17, 15) is 28.1 Å². The van der Waals surface area contributed by atoms with Crippen molar-refractivity contribution in [1.29, 1.82) is 0 Å². The topological polar surface area (TPSA) is 82.3 Å². The number of carbonyl (C=O) groups is 1. The molecule has 0 aliphatic heterocycles. The highest BCUT2D eigenvalue weighted by Crippen LogP contribution is 2.28. The SMILES string of the molecule is Cc1cc(OC(F)(F)F)nc([N+](=O)[O-])c1C(=O)Cl. The predicted molar refractivity (Wildman–Crippen MR) is 52.5 cm³/mol. The summed E-state index contributed by atoms with van der Waals surface area (Å²) in [5.74, 6) is -2.12. The molecule has 1 aromatic heterocycles.